The summed E-state index contributed by atoms with van der Waals surface area (Å²) < 4.78 is 19.4. The molecule has 0 unspecified atom stereocenters. The smallest absolute Gasteiger partial charge is 0.271 e. The van der Waals surface area contributed by atoms with E-state index in [0.717, 1.165) is 0 Å². The van der Waals surface area contributed by atoms with Gasteiger partial charge >= 0.3 is 0 Å². The number of ether oxygens (including phenoxy) is 1. The Labute approximate surface area is 183 Å². The predicted octanol–water partition coefficient (Wildman–Crippen LogP) is 4.88. The fourth-order valence-electron chi connectivity index (χ4n) is 3.05. The third kappa shape index (κ3) is 5.34. The zero-order valence-electron chi connectivity index (χ0n) is 17.0. The molecular formula is C24H18FN3O4. The second-order valence-electron chi connectivity index (χ2n) is 6.76. The Morgan fingerprint density at radius 2 is 1.94 bits per heavy atom. The number of nitro benzene ring substituents is 1. The summed E-state index contributed by atoms with van der Waals surface area (Å²) in [4.78, 5) is 23.0. The van der Waals surface area contributed by atoms with Crippen LogP contribution in [0.2, 0.25) is 0 Å². The number of hydrogen-bond acceptors (Lipinski definition) is 5. The summed E-state index contributed by atoms with van der Waals surface area (Å²) >= 11 is 0. The highest BCUT2D eigenvalue weighted by Crippen LogP contribution is 2.24. The number of nitrogens with zero attached hydrogens (tertiary/aromatic N) is 2. The third-order valence-corrected chi connectivity index (χ3v) is 4.67. The molecule has 0 aromatic heterocycles. The van der Waals surface area contributed by atoms with E-state index < -0.39 is 10.8 Å². The van der Waals surface area contributed by atoms with Crippen LogP contribution in [0, 0.1) is 27.3 Å². The van der Waals surface area contributed by atoms with Gasteiger partial charge < -0.3 is 10.1 Å². The van der Waals surface area contributed by atoms with E-state index in [4.69, 9.17) is 4.74 Å². The number of amides is 1. The van der Waals surface area contributed by atoms with Crippen molar-refractivity contribution in [2.75, 3.05) is 12.4 Å². The van der Waals surface area contributed by atoms with Gasteiger partial charge in [-0.25, -0.2) is 4.39 Å². The number of non-ortho nitro benzene ring substituents is 1. The van der Waals surface area contributed by atoms with Crippen molar-refractivity contribution in [1.82, 2.24) is 0 Å². The monoisotopic (exact) mass is 431 g/mol. The minimum absolute atomic E-state index is 0.187. The average molecular weight is 431 g/mol. The van der Waals surface area contributed by atoms with Crippen molar-refractivity contribution in [1.29, 1.82) is 5.26 Å². The number of nitriles is 1. The number of nitro groups is 1. The molecule has 32 heavy (non-hydrogen) atoms. The van der Waals surface area contributed by atoms with Gasteiger partial charge in [-0.15, -0.1) is 0 Å². The van der Waals surface area contributed by atoms with Crippen LogP contribution in [0.25, 0.3) is 6.08 Å². The van der Waals surface area contributed by atoms with Crippen molar-refractivity contribution in [2.24, 2.45) is 0 Å². The molecule has 3 rings (SSSR count). The molecule has 8 heteroatoms. The Kier molecular flexibility index (Phi) is 6.93. The molecule has 0 aliphatic heterocycles. The number of halogens is 1. The zero-order chi connectivity index (χ0) is 23.1. The molecule has 0 fully saturated rings. The van der Waals surface area contributed by atoms with E-state index in [1.807, 2.05) is 6.07 Å². The van der Waals surface area contributed by atoms with E-state index in [2.05, 4.69) is 5.32 Å². The predicted molar refractivity (Wildman–Crippen MR) is 118 cm³/mol. The first-order valence-corrected chi connectivity index (χ1v) is 9.49. The quantitative estimate of drug-likeness (QED) is 0.248. The van der Waals surface area contributed by atoms with Gasteiger partial charge in [-0.1, -0.05) is 30.3 Å². The summed E-state index contributed by atoms with van der Waals surface area (Å²) in [7, 11) is 1.50. The standard InChI is InChI=1S/C24H18FN3O4/c1-32-22-10-9-16(18(13-22)12-17-5-2-3-8-23(17)25)11-19(15-26)24(29)27-20-6-4-7-21(14-20)28(30)31/h2-11,13-14H,12H2,1H3,(H,27,29)/b19-11+. The summed E-state index contributed by atoms with van der Waals surface area (Å²) in [6, 6.07) is 18.6. The summed E-state index contributed by atoms with van der Waals surface area (Å²) in [5.74, 6) is -0.539. The molecule has 160 valence electrons. The van der Waals surface area contributed by atoms with Crippen LogP contribution in [0.4, 0.5) is 15.8 Å². The number of benzene rings is 3. The van der Waals surface area contributed by atoms with Crippen LogP contribution in [0.3, 0.4) is 0 Å². The van der Waals surface area contributed by atoms with Gasteiger partial charge in [0.1, 0.15) is 23.2 Å². The molecule has 0 bridgehead atoms. The van der Waals surface area contributed by atoms with Crippen molar-refractivity contribution in [3.05, 3.63) is 105 Å². The van der Waals surface area contributed by atoms with Crippen molar-refractivity contribution in [3.63, 3.8) is 0 Å². The van der Waals surface area contributed by atoms with Crippen LogP contribution < -0.4 is 10.1 Å². The van der Waals surface area contributed by atoms with E-state index in [-0.39, 0.29) is 29.2 Å². The number of nitrogens with one attached hydrogen (secondary N) is 1. The van der Waals surface area contributed by atoms with Gasteiger partial charge in [-0.3, -0.25) is 14.9 Å². The van der Waals surface area contributed by atoms with Crippen LogP contribution in [-0.2, 0) is 11.2 Å². The maximum absolute atomic E-state index is 14.2. The Bertz CT molecular complexity index is 1250. The summed E-state index contributed by atoms with van der Waals surface area (Å²) in [6.45, 7) is 0. The number of carbonyl (C=O) groups excluding carboxylic acids is 1. The lowest BCUT2D eigenvalue weighted by atomic mass is 9.97. The van der Waals surface area contributed by atoms with Gasteiger partial charge in [0, 0.05) is 24.2 Å². The third-order valence-electron chi connectivity index (χ3n) is 4.67. The molecule has 3 aromatic rings. The second kappa shape index (κ2) is 10.00. The van der Waals surface area contributed by atoms with Gasteiger partial charge in [0.25, 0.3) is 11.6 Å². The molecule has 1 amide bonds. The number of carbonyl (C=O) groups is 1. The highest BCUT2D eigenvalue weighted by molar-refractivity contribution is 6.09. The van der Waals surface area contributed by atoms with Crippen LogP contribution >= 0.6 is 0 Å². The van der Waals surface area contributed by atoms with Gasteiger partial charge in [-0.05, 0) is 47.0 Å². The number of anilines is 1. The number of methoxy groups -OCH3 is 1. The summed E-state index contributed by atoms with van der Waals surface area (Å²) in [5, 5.41) is 22.9. The number of rotatable bonds is 7. The first kappa shape index (κ1) is 22.2. The summed E-state index contributed by atoms with van der Waals surface area (Å²) in [6.07, 6.45) is 1.61. The average Bonchev–Trinajstić information content (AvgIpc) is 2.79. The fraction of sp³-hybridized carbons (Fsp3) is 0.0833. The van der Waals surface area contributed by atoms with Crippen LogP contribution in [0.5, 0.6) is 5.75 Å². The fourth-order valence-corrected chi connectivity index (χ4v) is 3.05. The molecule has 0 saturated heterocycles. The lowest BCUT2D eigenvalue weighted by Gasteiger charge is -2.11. The lowest BCUT2D eigenvalue weighted by Crippen LogP contribution is -2.13. The van der Waals surface area contributed by atoms with Crippen LogP contribution in [0.1, 0.15) is 16.7 Å². The number of hydrogen-bond donors (Lipinski definition) is 1. The van der Waals surface area contributed by atoms with Crippen molar-refractivity contribution < 1.29 is 18.8 Å². The van der Waals surface area contributed by atoms with Gasteiger partial charge in [0.2, 0.25) is 0 Å². The van der Waals surface area contributed by atoms with Gasteiger partial charge in [0.05, 0.1) is 12.0 Å². The van der Waals surface area contributed by atoms with E-state index in [9.17, 15) is 24.6 Å². The van der Waals surface area contributed by atoms with Crippen LogP contribution in [-0.4, -0.2) is 17.9 Å². The molecule has 0 radical (unpaired) electrons. The molecule has 7 nitrogen and oxygen atoms in total. The Morgan fingerprint density at radius 1 is 1.16 bits per heavy atom. The van der Waals surface area contributed by atoms with Gasteiger partial charge in [0.15, 0.2) is 0 Å². The second-order valence-corrected chi connectivity index (χ2v) is 6.76. The van der Waals surface area contributed by atoms with E-state index in [0.29, 0.717) is 22.4 Å². The van der Waals surface area contributed by atoms with E-state index in [1.165, 1.54) is 43.5 Å². The van der Waals surface area contributed by atoms with E-state index in [1.54, 1.807) is 36.4 Å². The maximum atomic E-state index is 14.2. The van der Waals surface area contributed by atoms with Crippen molar-refractivity contribution in [2.45, 2.75) is 6.42 Å². The van der Waals surface area contributed by atoms with Crippen molar-refractivity contribution >= 4 is 23.4 Å². The Morgan fingerprint density at radius 3 is 2.62 bits per heavy atom. The first-order valence-electron chi connectivity index (χ1n) is 9.49. The van der Waals surface area contributed by atoms with E-state index >= 15 is 0 Å². The Balaban J connectivity index is 1.93. The first-order chi connectivity index (χ1) is 15.4. The molecular weight excluding hydrogens is 413 g/mol. The molecule has 1 N–H and O–H groups in total. The Hall–Kier alpha value is -4.51. The maximum Gasteiger partial charge on any atom is 0.271 e. The van der Waals surface area contributed by atoms with Crippen LogP contribution in [0.15, 0.2) is 72.3 Å². The molecule has 3 aromatic carbocycles. The summed E-state index contributed by atoms with van der Waals surface area (Å²) in [5.41, 5.74) is 1.44. The molecule has 0 heterocycles. The largest absolute Gasteiger partial charge is 0.497 e. The minimum atomic E-state index is -0.722. The topological polar surface area (TPSA) is 105 Å². The minimum Gasteiger partial charge on any atom is -0.497 e. The molecule has 0 aliphatic carbocycles. The normalized spacial score (nSPS) is 10.8. The van der Waals surface area contributed by atoms with Crippen molar-refractivity contribution in [3.8, 4) is 11.8 Å². The molecule has 0 atom stereocenters. The molecule has 0 aliphatic rings. The highest BCUT2D eigenvalue weighted by Gasteiger charge is 2.14. The lowest BCUT2D eigenvalue weighted by molar-refractivity contribution is -0.384. The van der Waals surface area contributed by atoms with Gasteiger partial charge in [-0.2, -0.15) is 5.26 Å². The molecule has 0 saturated carbocycles. The highest BCUT2D eigenvalue weighted by atomic mass is 19.1. The zero-order valence-corrected chi connectivity index (χ0v) is 17.0. The SMILES string of the molecule is COc1ccc(/C=C(\C#N)C(=O)Nc2cccc([N+](=O)[O-])c2)c(Cc2ccccc2F)c1. The molecule has 0 spiro atoms.